The number of ether oxygens (including phenoxy) is 1. The third kappa shape index (κ3) is 1.50. The molecule has 0 saturated heterocycles. The molecular weight excluding hydrogens is 174 g/mol. The van der Waals surface area contributed by atoms with Crippen LogP contribution in [0.2, 0.25) is 0 Å². The van der Waals surface area contributed by atoms with Crippen molar-refractivity contribution in [1.29, 1.82) is 0 Å². The van der Waals surface area contributed by atoms with E-state index in [0.29, 0.717) is 6.04 Å². The van der Waals surface area contributed by atoms with Gasteiger partial charge in [-0.15, -0.1) is 0 Å². The lowest BCUT2D eigenvalue weighted by atomic mass is 10.0. The number of rotatable bonds is 2. The van der Waals surface area contributed by atoms with Crippen molar-refractivity contribution in [2.45, 2.75) is 32.9 Å². The molecule has 0 fully saturated rings. The van der Waals surface area contributed by atoms with Crippen molar-refractivity contribution in [3.8, 4) is 5.75 Å². The summed E-state index contributed by atoms with van der Waals surface area (Å²) in [5.41, 5.74) is 2.55. The summed E-state index contributed by atoms with van der Waals surface area (Å²) in [7, 11) is 0. The molecular formula is C12H17NO. The zero-order valence-corrected chi connectivity index (χ0v) is 9.00. The summed E-state index contributed by atoms with van der Waals surface area (Å²) in [5.74, 6) is 1.04. The second kappa shape index (κ2) is 3.62. The van der Waals surface area contributed by atoms with E-state index in [2.05, 4.69) is 44.3 Å². The summed E-state index contributed by atoms with van der Waals surface area (Å²) in [6.45, 7) is 7.31. The lowest BCUT2D eigenvalue weighted by Gasteiger charge is -2.15. The molecule has 0 amide bonds. The van der Waals surface area contributed by atoms with Crippen LogP contribution in [0.4, 0.5) is 0 Å². The zero-order chi connectivity index (χ0) is 10.1. The number of fused-ring (bicyclic) bond motifs is 1. The Kier molecular flexibility index (Phi) is 2.46. The molecule has 2 unspecified atom stereocenters. The highest BCUT2D eigenvalue weighted by Gasteiger charge is 2.29. The maximum Gasteiger partial charge on any atom is 0.124 e. The molecule has 1 N–H and O–H groups in total. The molecule has 0 saturated carbocycles. The summed E-state index contributed by atoms with van der Waals surface area (Å²) in [5, 5.41) is 3.44. The highest BCUT2D eigenvalue weighted by Crippen LogP contribution is 2.36. The second-order valence-corrected chi connectivity index (χ2v) is 3.90. The van der Waals surface area contributed by atoms with Gasteiger partial charge in [-0.25, -0.2) is 0 Å². The first-order chi connectivity index (χ1) is 6.72. The van der Waals surface area contributed by atoms with Crippen LogP contribution in [-0.2, 0) is 0 Å². The van der Waals surface area contributed by atoms with Gasteiger partial charge in [0.1, 0.15) is 11.9 Å². The normalized spacial score (nSPS) is 24.5. The van der Waals surface area contributed by atoms with Crippen LogP contribution in [0, 0.1) is 6.92 Å². The topological polar surface area (TPSA) is 21.3 Å². The van der Waals surface area contributed by atoms with Gasteiger partial charge < -0.3 is 10.1 Å². The molecule has 0 radical (unpaired) electrons. The Hall–Kier alpha value is -1.02. The Morgan fingerprint density at radius 2 is 2.21 bits per heavy atom. The van der Waals surface area contributed by atoms with Crippen LogP contribution in [0.3, 0.4) is 0 Å². The summed E-state index contributed by atoms with van der Waals surface area (Å²) < 4.78 is 5.79. The Balaban J connectivity index is 2.33. The molecule has 2 heteroatoms. The minimum absolute atomic E-state index is 0.242. The molecule has 14 heavy (non-hydrogen) atoms. The van der Waals surface area contributed by atoms with E-state index in [9.17, 15) is 0 Å². The first-order valence-corrected chi connectivity index (χ1v) is 5.23. The average molecular weight is 191 g/mol. The van der Waals surface area contributed by atoms with Crippen LogP contribution in [0.25, 0.3) is 0 Å². The van der Waals surface area contributed by atoms with E-state index in [4.69, 9.17) is 4.74 Å². The number of nitrogens with one attached hydrogen (secondary N) is 1. The summed E-state index contributed by atoms with van der Waals surface area (Å²) in [6.07, 6.45) is 0.242. The minimum Gasteiger partial charge on any atom is -0.488 e. The number of aryl methyl sites for hydroxylation is 1. The fraction of sp³-hybridized carbons (Fsp3) is 0.500. The van der Waals surface area contributed by atoms with Gasteiger partial charge in [-0.2, -0.15) is 0 Å². The summed E-state index contributed by atoms with van der Waals surface area (Å²) >= 11 is 0. The Morgan fingerprint density at radius 1 is 1.43 bits per heavy atom. The quantitative estimate of drug-likeness (QED) is 0.775. The molecule has 1 heterocycles. The molecule has 1 aromatic rings. The van der Waals surface area contributed by atoms with Crippen LogP contribution >= 0.6 is 0 Å². The van der Waals surface area contributed by atoms with Crippen molar-refractivity contribution in [2.24, 2.45) is 0 Å². The standard InChI is InChI=1S/C12H17NO/c1-4-13-12-9(3)14-11-7-8(2)5-6-10(11)12/h5-7,9,12-13H,4H2,1-3H3. The smallest absolute Gasteiger partial charge is 0.124 e. The Bertz CT molecular complexity index is 335. The van der Waals surface area contributed by atoms with E-state index in [0.717, 1.165) is 12.3 Å². The van der Waals surface area contributed by atoms with Crippen LogP contribution < -0.4 is 10.1 Å². The lowest BCUT2D eigenvalue weighted by Crippen LogP contribution is -2.28. The predicted octanol–water partition coefficient (Wildman–Crippen LogP) is 2.43. The monoisotopic (exact) mass is 191 g/mol. The molecule has 2 nitrogen and oxygen atoms in total. The van der Waals surface area contributed by atoms with Crippen molar-refractivity contribution in [1.82, 2.24) is 5.32 Å². The van der Waals surface area contributed by atoms with E-state index in [1.54, 1.807) is 0 Å². The molecule has 1 aromatic carbocycles. The van der Waals surface area contributed by atoms with Crippen LogP contribution in [0.15, 0.2) is 18.2 Å². The summed E-state index contributed by atoms with van der Waals surface area (Å²) in [4.78, 5) is 0. The first-order valence-electron chi connectivity index (χ1n) is 5.23. The van der Waals surface area contributed by atoms with Crippen molar-refractivity contribution in [2.75, 3.05) is 6.54 Å². The van der Waals surface area contributed by atoms with Gasteiger partial charge in [0, 0.05) is 5.56 Å². The molecule has 2 atom stereocenters. The third-order valence-corrected chi connectivity index (χ3v) is 2.71. The second-order valence-electron chi connectivity index (χ2n) is 3.90. The van der Waals surface area contributed by atoms with E-state index in [1.165, 1.54) is 11.1 Å². The number of benzene rings is 1. The van der Waals surface area contributed by atoms with Crippen molar-refractivity contribution < 1.29 is 4.74 Å². The highest BCUT2D eigenvalue weighted by molar-refractivity contribution is 5.43. The largest absolute Gasteiger partial charge is 0.488 e. The van der Waals surface area contributed by atoms with Gasteiger partial charge in [-0.3, -0.25) is 0 Å². The van der Waals surface area contributed by atoms with Gasteiger partial charge in [0.15, 0.2) is 0 Å². The van der Waals surface area contributed by atoms with Gasteiger partial charge in [0.05, 0.1) is 6.04 Å². The zero-order valence-electron chi connectivity index (χ0n) is 9.00. The van der Waals surface area contributed by atoms with E-state index >= 15 is 0 Å². The molecule has 0 spiro atoms. The van der Waals surface area contributed by atoms with Crippen LogP contribution in [0.5, 0.6) is 5.75 Å². The van der Waals surface area contributed by atoms with Crippen molar-refractivity contribution in [3.63, 3.8) is 0 Å². The highest BCUT2D eigenvalue weighted by atomic mass is 16.5. The van der Waals surface area contributed by atoms with Gasteiger partial charge in [-0.1, -0.05) is 19.1 Å². The van der Waals surface area contributed by atoms with E-state index < -0.39 is 0 Å². The SMILES string of the molecule is CCNC1c2ccc(C)cc2OC1C. The maximum atomic E-state index is 5.79. The average Bonchev–Trinajstić information content (AvgIpc) is 2.43. The molecule has 76 valence electrons. The fourth-order valence-corrected chi connectivity index (χ4v) is 2.02. The van der Waals surface area contributed by atoms with Gasteiger partial charge in [0.25, 0.3) is 0 Å². The predicted molar refractivity (Wildman–Crippen MR) is 57.7 cm³/mol. The van der Waals surface area contributed by atoms with Gasteiger partial charge in [0.2, 0.25) is 0 Å². The molecule has 1 aliphatic rings. The van der Waals surface area contributed by atoms with Gasteiger partial charge in [-0.05, 0) is 32.0 Å². The van der Waals surface area contributed by atoms with Crippen LogP contribution in [-0.4, -0.2) is 12.6 Å². The first kappa shape index (κ1) is 9.53. The Morgan fingerprint density at radius 3 is 2.93 bits per heavy atom. The molecule has 0 aliphatic carbocycles. The molecule has 0 aromatic heterocycles. The number of hydrogen-bond donors (Lipinski definition) is 1. The fourth-order valence-electron chi connectivity index (χ4n) is 2.02. The van der Waals surface area contributed by atoms with E-state index in [1.807, 2.05) is 0 Å². The van der Waals surface area contributed by atoms with Crippen molar-refractivity contribution >= 4 is 0 Å². The number of hydrogen-bond acceptors (Lipinski definition) is 2. The van der Waals surface area contributed by atoms with E-state index in [-0.39, 0.29) is 6.10 Å². The molecule has 0 bridgehead atoms. The summed E-state index contributed by atoms with van der Waals surface area (Å²) in [6, 6.07) is 6.78. The lowest BCUT2D eigenvalue weighted by molar-refractivity contribution is 0.211. The third-order valence-electron chi connectivity index (χ3n) is 2.71. The number of likely N-dealkylation sites (N-methyl/N-ethyl adjacent to an activating group) is 1. The van der Waals surface area contributed by atoms with Crippen LogP contribution in [0.1, 0.15) is 31.0 Å². The van der Waals surface area contributed by atoms with Crippen molar-refractivity contribution in [3.05, 3.63) is 29.3 Å². The Labute approximate surface area is 85.3 Å². The van der Waals surface area contributed by atoms with Gasteiger partial charge >= 0.3 is 0 Å². The minimum atomic E-state index is 0.242. The maximum absolute atomic E-state index is 5.79. The molecule has 2 rings (SSSR count). The molecule has 1 aliphatic heterocycles.